The molecule has 9 aromatic carbocycles. The highest BCUT2D eigenvalue weighted by Gasteiger charge is 2.21. The van der Waals surface area contributed by atoms with Crippen LogP contribution in [0.1, 0.15) is 0 Å². The van der Waals surface area contributed by atoms with E-state index in [0.29, 0.717) is 17.5 Å². The van der Waals surface area contributed by atoms with Crippen LogP contribution in [0.2, 0.25) is 0 Å². The predicted molar refractivity (Wildman–Crippen MR) is 235 cm³/mol. The molecule has 0 spiro atoms. The van der Waals surface area contributed by atoms with Crippen LogP contribution in [0.15, 0.2) is 205 Å². The first kappa shape index (κ1) is 32.7. The fourth-order valence-electron chi connectivity index (χ4n) is 8.03. The maximum Gasteiger partial charge on any atom is 0.164 e. The van der Waals surface area contributed by atoms with Gasteiger partial charge in [0.2, 0.25) is 0 Å². The molecule has 0 aliphatic rings. The molecule has 0 unspecified atom stereocenters. The molecule has 0 fully saturated rings. The molecule has 11 rings (SSSR count). The summed E-state index contributed by atoms with van der Waals surface area (Å²) in [5, 5.41) is 6.54. The number of furan rings is 1. The Balaban J connectivity index is 1.12. The van der Waals surface area contributed by atoms with Gasteiger partial charge in [-0.2, -0.15) is 0 Å². The van der Waals surface area contributed by atoms with E-state index in [9.17, 15) is 0 Å². The van der Waals surface area contributed by atoms with E-state index < -0.39 is 0 Å². The maximum absolute atomic E-state index is 6.78. The summed E-state index contributed by atoms with van der Waals surface area (Å²) in [5.41, 5.74) is 11.2. The van der Waals surface area contributed by atoms with Crippen molar-refractivity contribution in [2.45, 2.75) is 0 Å². The highest BCUT2D eigenvalue weighted by atomic mass is 16.3. The second kappa shape index (κ2) is 13.6. The number of nitrogens with zero attached hydrogens (tertiary/aromatic N) is 3. The standard InChI is InChI=1S/C53H33N3O/c1-3-13-34(14-4-1)38-20-12-23-44(31-38)52-54-51(36-16-5-2-6-17-36)55-53(56-52)47-33-43-19-9-10-24-45(43)50-49(47)46-32-42(27-28-48(46)57-50)40-22-11-21-39(30-40)41-26-25-35-15-7-8-18-37(35)29-41/h1-33H. The zero-order chi connectivity index (χ0) is 37.7. The highest BCUT2D eigenvalue weighted by molar-refractivity contribution is 6.21. The lowest BCUT2D eigenvalue weighted by atomic mass is 9.95. The molecule has 0 saturated carbocycles. The Labute approximate surface area is 329 Å². The molecule has 0 radical (unpaired) electrons. The SMILES string of the molecule is c1ccc(-c2cccc(-c3nc(-c4ccccc4)nc(-c4cc5ccccc5c5oc6ccc(-c7cccc(-c8ccc9ccccc9c8)c7)cc6c45)n3)c2)cc1. The zero-order valence-corrected chi connectivity index (χ0v) is 30.8. The number of hydrogen-bond acceptors (Lipinski definition) is 4. The van der Waals surface area contributed by atoms with Crippen molar-refractivity contribution in [1.82, 2.24) is 15.0 Å². The van der Waals surface area contributed by atoms with Crippen LogP contribution >= 0.6 is 0 Å². The fraction of sp³-hybridized carbons (Fsp3) is 0. The van der Waals surface area contributed by atoms with Gasteiger partial charge in [-0.15, -0.1) is 0 Å². The van der Waals surface area contributed by atoms with Gasteiger partial charge in [-0.05, 0) is 85.9 Å². The molecular formula is C53H33N3O. The van der Waals surface area contributed by atoms with Gasteiger partial charge in [0.1, 0.15) is 11.2 Å². The number of rotatable bonds is 6. The highest BCUT2D eigenvalue weighted by Crippen LogP contribution is 2.42. The molecule has 0 saturated heterocycles. The van der Waals surface area contributed by atoms with Crippen molar-refractivity contribution < 1.29 is 4.42 Å². The number of hydrogen-bond donors (Lipinski definition) is 0. The van der Waals surface area contributed by atoms with Gasteiger partial charge >= 0.3 is 0 Å². The Morgan fingerprint density at radius 1 is 0.298 bits per heavy atom. The molecule has 2 heterocycles. The van der Waals surface area contributed by atoms with E-state index in [1.165, 1.54) is 21.9 Å². The lowest BCUT2D eigenvalue weighted by Crippen LogP contribution is -2.00. The summed E-state index contributed by atoms with van der Waals surface area (Å²) in [4.78, 5) is 15.6. The lowest BCUT2D eigenvalue weighted by molar-refractivity contribution is 0.673. The van der Waals surface area contributed by atoms with Crippen LogP contribution in [0.3, 0.4) is 0 Å². The summed E-state index contributed by atoms with van der Waals surface area (Å²) in [6, 6.07) is 70.0. The van der Waals surface area contributed by atoms with E-state index in [1.807, 2.05) is 36.4 Å². The molecule has 266 valence electrons. The summed E-state index contributed by atoms with van der Waals surface area (Å²) in [7, 11) is 0. The van der Waals surface area contributed by atoms with Gasteiger partial charge in [0.25, 0.3) is 0 Å². The Morgan fingerprint density at radius 2 is 0.825 bits per heavy atom. The molecule has 57 heavy (non-hydrogen) atoms. The van der Waals surface area contributed by atoms with Gasteiger partial charge in [0, 0.05) is 32.8 Å². The van der Waals surface area contributed by atoms with Crippen LogP contribution in [0.5, 0.6) is 0 Å². The molecular weight excluding hydrogens is 695 g/mol. The van der Waals surface area contributed by atoms with Gasteiger partial charge in [-0.3, -0.25) is 0 Å². The molecule has 0 N–H and O–H groups in total. The normalized spacial score (nSPS) is 11.5. The molecule has 0 amide bonds. The Hall–Kier alpha value is -7.69. The molecule has 4 nitrogen and oxygen atoms in total. The van der Waals surface area contributed by atoms with Gasteiger partial charge in [-0.1, -0.05) is 164 Å². The summed E-state index contributed by atoms with van der Waals surface area (Å²) in [6.45, 7) is 0. The summed E-state index contributed by atoms with van der Waals surface area (Å²) in [6.07, 6.45) is 0. The minimum atomic E-state index is 0.589. The molecule has 0 bridgehead atoms. The van der Waals surface area contributed by atoms with Crippen molar-refractivity contribution in [3.63, 3.8) is 0 Å². The average molecular weight is 728 g/mol. The fourth-order valence-corrected chi connectivity index (χ4v) is 8.03. The minimum absolute atomic E-state index is 0.589. The van der Waals surface area contributed by atoms with E-state index >= 15 is 0 Å². The average Bonchev–Trinajstić information content (AvgIpc) is 3.68. The predicted octanol–water partition coefficient (Wildman–Crippen LogP) is 14.1. The van der Waals surface area contributed by atoms with Crippen molar-refractivity contribution in [1.29, 1.82) is 0 Å². The van der Waals surface area contributed by atoms with E-state index in [-0.39, 0.29) is 0 Å². The zero-order valence-electron chi connectivity index (χ0n) is 30.8. The maximum atomic E-state index is 6.78. The van der Waals surface area contributed by atoms with E-state index in [2.05, 4.69) is 164 Å². The van der Waals surface area contributed by atoms with E-state index in [1.54, 1.807) is 0 Å². The number of benzene rings is 9. The topological polar surface area (TPSA) is 51.8 Å². The molecule has 0 aliphatic heterocycles. The third-order valence-corrected chi connectivity index (χ3v) is 10.9. The molecule has 2 aromatic heterocycles. The number of aromatic nitrogens is 3. The van der Waals surface area contributed by atoms with Crippen LogP contribution in [0.25, 0.3) is 111 Å². The van der Waals surface area contributed by atoms with E-state index in [0.717, 1.165) is 71.7 Å². The van der Waals surface area contributed by atoms with Crippen molar-refractivity contribution in [3.8, 4) is 67.5 Å². The van der Waals surface area contributed by atoms with Crippen LogP contribution in [-0.4, -0.2) is 15.0 Å². The van der Waals surface area contributed by atoms with E-state index in [4.69, 9.17) is 19.4 Å². The first-order valence-electron chi connectivity index (χ1n) is 19.2. The molecule has 4 heteroatoms. The second-order valence-electron chi connectivity index (χ2n) is 14.4. The third kappa shape index (κ3) is 5.92. The molecule has 11 aromatic rings. The minimum Gasteiger partial charge on any atom is -0.455 e. The van der Waals surface area contributed by atoms with Gasteiger partial charge in [0.05, 0.1) is 0 Å². The summed E-state index contributed by atoms with van der Waals surface area (Å²) < 4.78 is 6.78. The van der Waals surface area contributed by atoms with Gasteiger partial charge < -0.3 is 4.42 Å². The molecule has 0 atom stereocenters. The number of fused-ring (bicyclic) bond motifs is 6. The third-order valence-electron chi connectivity index (χ3n) is 10.9. The van der Waals surface area contributed by atoms with Crippen molar-refractivity contribution in [3.05, 3.63) is 200 Å². The summed E-state index contributed by atoms with van der Waals surface area (Å²) >= 11 is 0. The van der Waals surface area contributed by atoms with Crippen molar-refractivity contribution in [2.24, 2.45) is 0 Å². The van der Waals surface area contributed by atoms with Crippen molar-refractivity contribution >= 4 is 43.5 Å². The van der Waals surface area contributed by atoms with Crippen LogP contribution in [0, 0.1) is 0 Å². The largest absolute Gasteiger partial charge is 0.455 e. The van der Waals surface area contributed by atoms with Crippen LogP contribution in [0.4, 0.5) is 0 Å². The molecule has 0 aliphatic carbocycles. The smallest absolute Gasteiger partial charge is 0.164 e. The monoisotopic (exact) mass is 727 g/mol. The quantitative estimate of drug-likeness (QED) is 0.171. The van der Waals surface area contributed by atoms with Gasteiger partial charge in [-0.25, -0.2) is 15.0 Å². The Kier molecular flexibility index (Phi) is 7.78. The van der Waals surface area contributed by atoms with Crippen LogP contribution in [-0.2, 0) is 0 Å². The van der Waals surface area contributed by atoms with Gasteiger partial charge in [0.15, 0.2) is 17.5 Å². The first-order valence-corrected chi connectivity index (χ1v) is 19.2. The Bertz CT molecular complexity index is 3300. The Morgan fingerprint density at radius 3 is 1.60 bits per heavy atom. The van der Waals surface area contributed by atoms with Crippen molar-refractivity contribution in [2.75, 3.05) is 0 Å². The van der Waals surface area contributed by atoms with Crippen LogP contribution < -0.4 is 0 Å². The summed E-state index contributed by atoms with van der Waals surface area (Å²) in [5.74, 6) is 1.81. The first-order chi connectivity index (χ1) is 28.2. The second-order valence-corrected chi connectivity index (χ2v) is 14.4. The lowest BCUT2D eigenvalue weighted by Gasteiger charge is -2.11.